The molecule has 0 aromatic heterocycles. The molecule has 2 saturated heterocycles. The summed E-state index contributed by atoms with van der Waals surface area (Å²) < 4.78 is 0. The SMILES string of the molecule is CC1(C)CCCC1C(=O)N1CCC2(CC1)CNC(=O)C2. The maximum Gasteiger partial charge on any atom is 0.226 e. The van der Waals surface area contributed by atoms with Crippen LogP contribution in [-0.2, 0) is 9.59 Å². The summed E-state index contributed by atoms with van der Waals surface area (Å²) in [7, 11) is 0. The smallest absolute Gasteiger partial charge is 0.226 e. The Kier molecular flexibility index (Phi) is 3.30. The van der Waals surface area contributed by atoms with Gasteiger partial charge in [0.15, 0.2) is 0 Å². The summed E-state index contributed by atoms with van der Waals surface area (Å²) >= 11 is 0. The number of carbonyl (C=O) groups is 2. The van der Waals surface area contributed by atoms with E-state index in [0.717, 1.165) is 38.9 Å². The zero-order chi connectivity index (χ0) is 14.4. The van der Waals surface area contributed by atoms with E-state index >= 15 is 0 Å². The van der Waals surface area contributed by atoms with Gasteiger partial charge in [-0.15, -0.1) is 0 Å². The third-order valence-electron chi connectivity index (χ3n) is 5.89. The number of rotatable bonds is 1. The quantitative estimate of drug-likeness (QED) is 0.797. The van der Waals surface area contributed by atoms with Gasteiger partial charge in [0.05, 0.1) is 0 Å². The summed E-state index contributed by atoms with van der Waals surface area (Å²) in [6, 6.07) is 0. The summed E-state index contributed by atoms with van der Waals surface area (Å²) in [4.78, 5) is 26.2. The summed E-state index contributed by atoms with van der Waals surface area (Å²) in [6.45, 7) is 6.94. The van der Waals surface area contributed by atoms with E-state index in [4.69, 9.17) is 0 Å². The molecule has 1 atom stereocenters. The molecule has 0 aromatic carbocycles. The number of nitrogens with zero attached hydrogens (tertiary/aromatic N) is 1. The Morgan fingerprint density at radius 3 is 2.45 bits per heavy atom. The van der Waals surface area contributed by atoms with Gasteiger partial charge in [-0.3, -0.25) is 9.59 Å². The highest BCUT2D eigenvalue weighted by Crippen LogP contribution is 2.45. The molecule has 4 heteroatoms. The first-order chi connectivity index (χ1) is 9.42. The Hall–Kier alpha value is -1.06. The topological polar surface area (TPSA) is 49.4 Å². The lowest BCUT2D eigenvalue weighted by molar-refractivity contribution is -0.140. The minimum Gasteiger partial charge on any atom is -0.356 e. The summed E-state index contributed by atoms with van der Waals surface area (Å²) in [5.41, 5.74) is 0.302. The first-order valence-corrected chi connectivity index (χ1v) is 7.97. The molecule has 2 heterocycles. The number of carbonyl (C=O) groups excluding carboxylic acids is 2. The second kappa shape index (κ2) is 4.74. The van der Waals surface area contributed by atoms with Crippen LogP contribution < -0.4 is 5.32 Å². The van der Waals surface area contributed by atoms with Crippen LogP contribution in [0.1, 0.15) is 52.4 Å². The maximum atomic E-state index is 12.7. The second-order valence-corrected chi connectivity index (χ2v) is 7.71. The van der Waals surface area contributed by atoms with E-state index in [1.165, 1.54) is 12.8 Å². The fourth-order valence-electron chi connectivity index (χ4n) is 4.31. The number of likely N-dealkylation sites (tertiary alicyclic amines) is 1. The Morgan fingerprint density at radius 2 is 1.95 bits per heavy atom. The number of hydrogen-bond acceptors (Lipinski definition) is 2. The van der Waals surface area contributed by atoms with E-state index in [-0.39, 0.29) is 22.7 Å². The predicted octanol–water partition coefficient (Wildman–Crippen LogP) is 1.94. The van der Waals surface area contributed by atoms with Crippen LogP contribution in [0, 0.1) is 16.7 Å². The predicted molar refractivity (Wildman–Crippen MR) is 77.0 cm³/mol. The van der Waals surface area contributed by atoms with Crippen LogP contribution >= 0.6 is 0 Å². The van der Waals surface area contributed by atoms with Crippen molar-refractivity contribution in [3.05, 3.63) is 0 Å². The van der Waals surface area contributed by atoms with Gasteiger partial charge < -0.3 is 10.2 Å². The molecular weight excluding hydrogens is 252 g/mol. The average molecular weight is 278 g/mol. The largest absolute Gasteiger partial charge is 0.356 e. The lowest BCUT2D eigenvalue weighted by atomic mass is 9.76. The normalized spacial score (nSPS) is 31.6. The maximum absolute atomic E-state index is 12.7. The molecule has 1 aliphatic carbocycles. The van der Waals surface area contributed by atoms with Gasteiger partial charge in [-0.2, -0.15) is 0 Å². The van der Waals surface area contributed by atoms with Gasteiger partial charge in [0.25, 0.3) is 0 Å². The van der Waals surface area contributed by atoms with Crippen LogP contribution in [0.4, 0.5) is 0 Å². The molecule has 1 spiro atoms. The number of amides is 2. The molecule has 3 rings (SSSR count). The first kappa shape index (κ1) is 13.9. The molecule has 2 aliphatic heterocycles. The Bertz CT molecular complexity index is 422. The van der Waals surface area contributed by atoms with Crippen molar-refractivity contribution in [3.8, 4) is 0 Å². The second-order valence-electron chi connectivity index (χ2n) is 7.71. The van der Waals surface area contributed by atoms with Crippen molar-refractivity contribution in [2.45, 2.75) is 52.4 Å². The minimum atomic E-state index is 0.138. The van der Waals surface area contributed by atoms with E-state index in [1.807, 2.05) is 0 Å². The summed E-state index contributed by atoms with van der Waals surface area (Å²) in [5, 5.41) is 2.95. The molecule has 1 saturated carbocycles. The van der Waals surface area contributed by atoms with Gasteiger partial charge in [-0.05, 0) is 36.5 Å². The molecule has 3 aliphatic rings. The number of nitrogens with one attached hydrogen (secondary N) is 1. The van der Waals surface area contributed by atoms with Crippen molar-refractivity contribution < 1.29 is 9.59 Å². The Balaban J connectivity index is 1.61. The van der Waals surface area contributed by atoms with Crippen molar-refractivity contribution in [1.82, 2.24) is 10.2 Å². The highest BCUT2D eigenvalue weighted by atomic mass is 16.2. The summed E-state index contributed by atoms with van der Waals surface area (Å²) in [5.74, 6) is 0.751. The number of piperidine rings is 1. The fraction of sp³-hybridized carbons (Fsp3) is 0.875. The summed E-state index contributed by atoms with van der Waals surface area (Å²) in [6.07, 6.45) is 6.01. The molecule has 3 fully saturated rings. The van der Waals surface area contributed by atoms with Crippen molar-refractivity contribution in [3.63, 3.8) is 0 Å². The fourth-order valence-corrected chi connectivity index (χ4v) is 4.31. The van der Waals surface area contributed by atoms with Gasteiger partial charge in [0, 0.05) is 32.0 Å². The lowest BCUT2D eigenvalue weighted by Crippen LogP contribution is -2.47. The van der Waals surface area contributed by atoms with Crippen molar-refractivity contribution in [2.24, 2.45) is 16.7 Å². The molecule has 20 heavy (non-hydrogen) atoms. The van der Waals surface area contributed by atoms with Crippen molar-refractivity contribution in [2.75, 3.05) is 19.6 Å². The van der Waals surface area contributed by atoms with Crippen LogP contribution in [0.15, 0.2) is 0 Å². The van der Waals surface area contributed by atoms with E-state index in [9.17, 15) is 9.59 Å². The molecule has 0 aromatic rings. The van der Waals surface area contributed by atoms with Gasteiger partial charge in [-0.1, -0.05) is 20.3 Å². The molecule has 2 amide bonds. The van der Waals surface area contributed by atoms with Crippen LogP contribution in [0.2, 0.25) is 0 Å². The molecule has 4 nitrogen and oxygen atoms in total. The minimum absolute atomic E-state index is 0.138. The third-order valence-corrected chi connectivity index (χ3v) is 5.89. The van der Waals surface area contributed by atoms with E-state index in [1.54, 1.807) is 0 Å². The van der Waals surface area contributed by atoms with Gasteiger partial charge in [0.2, 0.25) is 11.8 Å². The van der Waals surface area contributed by atoms with Crippen molar-refractivity contribution >= 4 is 11.8 Å². The molecule has 1 N–H and O–H groups in total. The van der Waals surface area contributed by atoms with E-state index in [0.29, 0.717) is 12.3 Å². The third kappa shape index (κ3) is 2.33. The van der Waals surface area contributed by atoms with Crippen molar-refractivity contribution in [1.29, 1.82) is 0 Å². The number of hydrogen-bond donors (Lipinski definition) is 1. The van der Waals surface area contributed by atoms with Crippen LogP contribution in [0.5, 0.6) is 0 Å². The Labute approximate surface area is 121 Å². The lowest BCUT2D eigenvalue weighted by Gasteiger charge is -2.40. The highest BCUT2D eigenvalue weighted by molar-refractivity contribution is 5.81. The van der Waals surface area contributed by atoms with Gasteiger partial charge >= 0.3 is 0 Å². The van der Waals surface area contributed by atoms with Gasteiger partial charge in [-0.25, -0.2) is 0 Å². The molecule has 0 radical (unpaired) electrons. The van der Waals surface area contributed by atoms with Crippen LogP contribution in [0.3, 0.4) is 0 Å². The van der Waals surface area contributed by atoms with Crippen LogP contribution in [-0.4, -0.2) is 36.3 Å². The molecule has 1 unspecified atom stereocenters. The molecule has 0 bridgehead atoms. The molecule has 112 valence electrons. The Morgan fingerprint density at radius 1 is 1.25 bits per heavy atom. The van der Waals surface area contributed by atoms with Crippen LogP contribution in [0.25, 0.3) is 0 Å². The standard InChI is InChI=1S/C16H26N2O2/c1-15(2)5-3-4-12(15)14(20)18-8-6-16(7-9-18)10-13(19)17-11-16/h12H,3-11H2,1-2H3,(H,17,19). The first-order valence-electron chi connectivity index (χ1n) is 7.97. The highest BCUT2D eigenvalue weighted by Gasteiger charge is 2.45. The monoisotopic (exact) mass is 278 g/mol. The zero-order valence-electron chi connectivity index (χ0n) is 12.7. The van der Waals surface area contributed by atoms with E-state index in [2.05, 4.69) is 24.1 Å². The molecular formula is C16H26N2O2. The van der Waals surface area contributed by atoms with Gasteiger partial charge in [0.1, 0.15) is 0 Å². The van der Waals surface area contributed by atoms with E-state index < -0.39 is 0 Å². The average Bonchev–Trinajstić information content (AvgIpc) is 2.93. The zero-order valence-corrected chi connectivity index (χ0v) is 12.7.